The minimum Gasteiger partial charge on any atom is -0.377 e. The standard InChI is InChI=1S/C28H38N6O3/c1-21(34-19-24(30-31-34)9-8-23-6-3-4-12-29-23)18-25-10-11-27(37-25)22(2)28(35)33-15-13-32(14-16-33)20-26-7-5-17-36-26/h3-4,6,12,19,21-22,25-27H,5,7,10-11,13-18,20H2,1-2H3/t21-,22-,25+,26?,27-/m1/s1. The summed E-state index contributed by atoms with van der Waals surface area (Å²) in [5.41, 5.74) is 1.33. The number of ether oxygens (including phenoxy) is 2. The first-order chi connectivity index (χ1) is 18.0. The second-order valence-electron chi connectivity index (χ2n) is 10.6. The zero-order valence-corrected chi connectivity index (χ0v) is 22.0. The van der Waals surface area contributed by atoms with E-state index in [1.807, 2.05) is 40.9 Å². The molecule has 0 aliphatic carbocycles. The molecule has 3 fully saturated rings. The van der Waals surface area contributed by atoms with Crippen LogP contribution >= 0.6 is 0 Å². The molecule has 1 amide bonds. The first-order valence-corrected chi connectivity index (χ1v) is 13.7. The maximum absolute atomic E-state index is 13.2. The summed E-state index contributed by atoms with van der Waals surface area (Å²) >= 11 is 0. The number of carbonyl (C=O) groups is 1. The average molecular weight is 507 g/mol. The molecule has 0 radical (unpaired) electrons. The molecule has 5 atom stereocenters. The van der Waals surface area contributed by atoms with Gasteiger partial charge in [0.1, 0.15) is 5.69 Å². The van der Waals surface area contributed by atoms with Crippen molar-refractivity contribution in [2.45, 2.75) is 70.3 Å². The van der Waals surface area contributed by atoms with Gasteiger partial charge in [0.15, 0.2) is 5.69 Å². The van der Waals surface area contributed by atoms with Gasteiger partial charge in [0, 0.05) is 45.5 Å². The van der Waals surface area contributed by atoms with Gasteiger partial charge >= 0.3 is 0 Å². The Balaban J connectivity index is 1.06. The summed E-state index contributed by atoms with van der Waals surface area (Å²) in [4.78, 5) is 21.9. The molecule has 0 spiro atoms. The molecule has 5 rings (SSSR count). The Morgan fingerprint density at radius 2 is 1.92 bits per heavy atom. The number of amides is 1. The number of carbonyl (C=O) groups excluding carboxylic acids is 1. The van der Waals surface area contributed by atoms with Crippen molar-refractivity contribution >= 4 is 5.91 Å². The van der Waals surface area contributed by atoms with Gasteiger partial charge < -0.3 is 14.4 Å². The Bertz CT molecular complexity index is 1080. The van der Waals surface area contributed by atoms with Gasteiger partial charge in [-0.3, -0.25) is 9.69 Å². The molecule has 198 valence electrons. The quantitative estimate of drug-likeness (QED) is 0.534. The normalized spacial score (nSPS) is 26.0. The van der Waals surface area contributed by atoms with Crippen molar-refractivity contribution in [3.63, 3.8) is 0 Å². The van der Waals surface area contributed by atoms with Crippen molar-refractivity contribution in [1.29, 1.82) is 0 Å². The summed E-state index contributed by atoms with van der Waals surface area (Å²) in [6, 6.07) is 5.77. The van der Waals surface area contributed by atoms with Crippen LogP contribution < -0.4 is 0 Å². The Labute approximate surface area is 219 Å². The van der Waals surface area contributed by atoms with Gasteiger partial charge in [-0.25, -0.2) is 9.67 Å². The molecule has 0 N–H and O–H groups in total. The summed E-state index contributed by atoms with van der Waals surface area (Å²) in [7, 11) is 0. The van der Waals surface area contributed by atoms with E-state index in [0.29, 0.717) is 17.5 Å². The van der Waals surface area contributed by atoms with Gasteiger partial charge in [0.05, 0.1) is 36.5 Å². The molecular weight excluding hydrogens is 468 g/mol. The zero-order chi connectivity index (χ0) is 25.6. The van der Waals surface area contributed by atoms with Crippen LogP contribution in [-0.4, -0.2) is 93.3 Å². The molecule has 3 saturated heterocycles. The van der Waals surface area contributed by atoms with Gasteiger partial charge in [0.25, 0.3) is 0 Å². The second-order valence-corrected chi connectivity index (χ2v) is 10.6. The number of aromatic nitrogens is 4. The third-order valence-corrected chi connectivity index (χ3v) is 7.81. The third kappa shape index (κ3) is 6.75. The molecule has 2 aromatic heterocycles. The Morgan fingerprint density at radius 1 is 1.08 bits per heavy atom. The second kappa shape index (κ2) is 12.2. The number of hydrogen-bond acceptors (Lipinski definition) is 7. The summed E-state index contributed by atoms with van der Waals surface area (Å²) in [5.74, 6) is 6.15. The number of hydrogen-bond donors (Lipinski definition) is 0. The van der Waals surface area contributed by atoms with E-state index in [1.165, 1.54) is 6.42 Å². The summed E-state index contributed by atoms with van der Waals surface area (Å²) < 4.78 is 14.0. The summed E-state index contributed by atoms with van der Waals surface area (Å²) in [6.07, 6.45) is 9.10. The highest BCUT2D eigenvalue weighted by atomic mass is 16.5. The molecule has 2 aromatic rings. The molecule has 5 heterocycles. The molecule has 0 bridgehead atoms. The molecule has 3 aliphatic rings. The lowest BCUT2D eigenvalue weighted by Crippen LogP contribution is -2.52. The van der Waals surface area contributed by atoms with Crippen LogP contribution in [0.5, 0.6) is 0 Å². The Kier molecular flexibility index (Phi) is 8.49. The first kappa shape index (κ1) is 25.8. The number of pyridine rings is 1. The fraction of sp³-hybridized carbons (Fsp3) is 0.643. The lowest BCUT2D eigenvalue weighted by molar-refractivity contribution is -0.141. The topological polar surface area (TPSA) is 85.6 Å². The van der Waals surface area contributed by atoms with Crippen LogP contribution in [0.15, 0.2) is 30.6 Å². The molecule has 3 aliphatic heterocycles. The van der Waals surface area contributed by atoms with Crippen molar-refractivity contribution in [3.8, 4) is 11.8 Å². The minimum absolute atomic E-state index is 0.0230. The van der Waals surface area contributed by atoms with E-state index in [9.17, 15) is 4.79 Å². The van der Waals surface area contributed by atoms with Crippen molar-refractivity contribution in [1.82, 2.24) is 29.8 Å². The van der Waals surface area contributed by atoms with Crippen LogP contribution in [0.1, 0.15) is 63.4 Å². The molecule has 9 heteroatoms. The number of nitrogens with zero attached hydrogens (tertiary/aromatic N) is 6. The predicted molar refractivity (Wildman–Crippen MR) is 139 cm³/mol. The van der Waals surface area contributed by atoms with Gasteiger partial charge in [-0.05, 0) is 63.0 Å². The minimum atomic E-state index is -0.120. The smallest absolute Gasteiger partial charge is 0.228 e. The van der Waals surface area contributed by atoms with Crippen LogP contribution in [0.25, 0.3) is 0 Å². The fourth-order valence-corrected chi connectivity index (χ4v) is 5.55. The van der Waals surface area contributed by atoms with E-state index in [2.05, 4.69) is 39.0 Å². The largest absolute Gasteiger partial charge is 0.377 e. The van der Waals surface area contributed by atoms with E-state index in [1.54, 1.807) is 6.20 Å². The maximum atomic E-state index is 13.2. The molecular formula is C28H38N6O3. The summed E-state index contributed by atoms with van der Waals surface area (Å²) in [5, 5.41) is 8.46. The molecule has 1 unspecified atom stereocenters. The van der Waals surface area contributed by atoms with Crippen LogP contribution in [0.2, 0.25) is 0 Å². The van der Waals surface area contributed by atoms with Crippen molar-refractivity contribution in [2.24, 2.45) is 5.92 Å². The van der Waals surface area contributed by atoms with E-state index in [-0.39, 0.29) is 30.1 Å². The van der Waals surface area contributed by atoms with Crippen LogP contribution in [0.4, 0.5) is 0 Å². The van der Waals surface area contributed by atoms with Crippen molar-refractivity contribution in [2.75, 3.05) is 39.3 Å². The number of piperazine rings is 1. The molecule has 0 saturated carbocycles. The zero-order valence-electron chi connectivity index (χ0n) is 22.0. The first-order valence-electron chi connectivity index (χ1n) is 13.7. The monoisotopic (exact) mass is 506 g/mol. The van der Waals surface area contributed by atoms with Crippen molar-refractivity contribution < 1.29 is 14.3 Å². The van der Waals surface area contributed by atoms with Crippen molar-refractivity contribution in [3.05, 3.63) is 42.0 Å². The highest BCUT2D eigenvalue weighted by molar-refractivity contribution is 5.79. The maximum Gasteiger partial charge on any atom is 0.228 e. The molecule has 37 heavy (non-hydrogen) atoms. The SMILES string of the molecule is C[C@H](C[C@@H]1CC[C@H]([C@@H](C)C(=O)N2CCN(CC3CCCO3)CC2)O1)n1cc(C#Cc2ccccn2)nn1. The Morgan fingerprint density at radius 3 is 2.68 bits per heavy atom. The fourth-order valence-electron chi connectivity index (χ4n) is 5.55. The van der Waals surface area contributed by atoms with E-state index < -0.39 is 0 Å². The predicted octanol–water partition coefficient (Wildman–Crippen LogP) is 2.53. The van der Waals surface area contributed by atoms with Gasteiger partial charge in [-0.15, -0.1) is 5.10 Å². The van der Waals surface area contributed by atoms with E-state index in [0.717, 1.165) is 65.0 Å². The van der Waals surface area contributed by atoms with Crippen LogP contribution in [0.3, 0.4) is 0 Å². The third-order valence-electron chi connectivity index (χ3n) is 7.81. The molecule has 0 aromatic carbocycles. The van der Waals surface area contributed by atoms with Crippen LogP contribution in [0, 0.1) is 17.8 Å². The Hall–Kier alpha value is -2.80. The highest BCUT2D eigenvalue weighted by Gasteiger charge is 2.36. The highest BCUT2D eigenvalue weighted by Crippen LogP contribution is 2.31. The van der Waals surface area contributed by atoms with Gasteiger partial charge in [-0.1, -0.05) is 18.2 Å². The van der Waals surface area contributed by atoms with E-state index in [4.69, 9.17) is 9.47 Å². The van der Waals surface area contributed by atoms with Gasteiger partial charge in [-0.2, -0.15) is 0 Å². The summed E-state index contributed by atoms with van der Waals surface area (Å²) in [6.45, 7) is 9.47. The number of rotatable bonds is 7. The molecule has 9 nitrogen and oxygen atoms in total. The van der Waals surface area contributed by atoms with E-state index >= 15 is 0 Å². The lowest BCUT2D eigenvalue weighted by atomic mass is 9.99. The van der Waals surface area contributed by atoms with Crippen LogP contribution in [-0.2, 0) is 14.3 Å². The van der Waals surface area contributed by atoms with Gasteiger partial charge in [0.2, 0.25) is 5.91 Å². The average Bonchev–Trinajstić information content (AvgIpc) is 3.70. The lowest BCUT2D eigenvalue weighted by Gasteiger charge is -2.37.